The number of aryl methyl sites for hydroxylation is 1. The summed E-state index contributed by atoms with van der Waals surface area (Å²) in [5.74, 6) is -0.623. The molecule has 2 N–H and O–H groups in total. The van der Waals surface area contributed by atoms with E-state index in [1.165, 1.54) is 18.2 Å². The van der Waals surface area contributed by atoms with E-state index in [9.17, 15) is 9.18 Å². The van der Waals surface area contributed by atoms with Gasteiger partial charge in [0.1, 0.15) is 5.82 Å². The number of amides is 1. The second-order valence-corrected chi connectivity index (χ2v) is 7.17. The third-order valence-corrected chi connectivity index (χ3v) is 4.80. The molecule has 0 radical (unpaired) electrons. The molecule has 0 spiro atoms. The molecule has 0 aromatic heterocycles. The minimum atomic E-state index is -0.470. The summed E-state index contributed by atoms with van der Waals surface area (Å²) in [6.07, 6.45) is 0. The van der Waals surface area contributed by atoms with E-state index in [4.69, 9.17) is 16.3 Å². The Morgan fingerprint density at radius 3 is 2.79 bits per heavy atom. The largest absolute Gasteiger partial charge is 0.379 e. The summed E-state index contributed by atoms with van der Waals surface area (Å²) in [7, 11) is 0. The van der Waals surface area contributed by atoms with Crippen LogP contribution in [0.3, 0.4) is 0 Å². The minimum absolute atomic E-state index is 0.218. The first-order valence-electron chi connectivity index (χ1n) is 9.46. The van der Waals surface area contributed by atoms with Gasteiger partial charge in [0.25, 0.3) is 5.91 Å². The van der Waals surface area contributed by atoms with Crippen molar-refractivity contribution in [2.45, 2.75) is 6.92 Å². The number of nitrogens with zero attached hydrogens (tertiary/aromatic N) is 2. The van der Waals surface area contributed by atoms with E-state index in [2.05, 4.69) is 20.5 Å². The summed E-state index contributed by atoms with van der Waals surface area (Å²) in [5.41, 5.74) is 1.91. The van der Waals surface area contributed by atoms with Crippen molar-refractivity contribution in [3.05, 3.63) is 64.4 Å². The second kappa shape index (κ2) is 10.3. The second-order valence-electron chi connectivity index (χ2n) is 6.73. The van der Waals surface area contributed by atoms with Gasteiger partial charge in [-0.15, -0.1) is 0 Å². The molecule has 2 aromatic carbocycles. The fourth-order valence-electron chi connectivity index (χ4n) is 2.90. The Balaban J connectivity index is 1.73. The van der Waals surface area contributed by atoms with Crippen LogP contribution in [0, 0.1) is 12.7 Å². The van der Waals surface area contributed by atoms with Crippen LogP contribution in [-0.2, 0) is 4.74 Å². The molecule has 6 nitrogen and oxygen atoms in total. The number of guanidine groups is 1. The van der Waals surface area contributed by atoms with Crippen LogP contribution < -0.4 is 10.6 Å². The van der Waals surface area contributed by atoms with Crippen molar-refractivity contribution in [2.24, 2.45) is 4.99 Å². The topological polar surface area (TPSA) is 66.0 Å². The molecule has 1 amide bonds. The molecular weight excluding hydrogens is 395 g/mol. The molecule has 1 saturated heterocycles. The Labute approximate surface area is 174 Å². The van der Waals surface area contributed by atoms with Gasteiger partial charge in [0.15, 0.2) is 0 Å². The van der Waals surface area contributed by atoms with Crippen molar-refractivity contribution in [3.63, 3.8) is 0 Å². The predicted octanol–water partition coefficient (Wildman–Crippen LogP) is 3.32. The third-order valence-electron chi connectivity index (χ3n) is 4.56. The zero-order valence-electron chi connectivity index (χ0n) is 16.3. The van der Waals surface area contributed by atoms with Gasteiger partial charge in [0, 0.05) is 35.9 Å². The predicted molar refractivity (Wildman–Crippen MR) is 113 cm³/mol. The Bertz CT molecular complexity index is 885. The number of benzene rings is 2. The summed E-state index contributed by atoms with van der Waals surface area (Å²) in [6, 6.07) is 11.0. The Morgan fingerprint density at radius 2 is 2.03 bits per heavy atom. The Kier molecular flexibility index (Phi) is 7.57. The maximum atomic E-state index is 13.5. The van der Waals surface area contributed by atoms with Gasteiger partial charge < -0.3 is 10.1 Å². The number of anilines is 1. The quantitative estimate of drug-likeness (QED) is 0.577. The van der Waals surface area contributed by atoms with Crippen LogP contribution in [0.4, 0.5) is 10.1 Å². The van der Waals surface area contributed by atoms with Gasteiger partial charge in [-0.2, -0.15) is 0 Å². The maximum absolute atomic E-state index is 13.5. The fourth-order valence-corrected chi connectivity index (χ4v) is 3.08. The van der Waals surface area contributed by atoms with Gasteiger partial charge >= 0.3 is 0 Å². The van der Waals surface area contributed by atoms with Crippen molar-refractivity contribution < 1.29 is 13.9 Å². The summed E-state index contributed by atoms with van der Waals surface area (Å²) in [6.45, 7) is 6.32. The number of hydrogen-bond acceptors (Lipinski definition) is 4. The van der Waals surface area contributed by atoms with E-state index in [1.54, 1.807) is 18.2 Å². The van der Waals surface area contributed by atoms with Crippen molar-refractivity contribution in [1.29, 1.82) is 0 Å². The molecule has 1 heterocycles. The monoisotopic (exact) mass is 418 g/mol. The first-order valence-corrected chi connectivity index (χ1v) is 9.84. The molecule has 1 aliphatic heterocycles. The van der Waals surface area contributed by atoms with Crippen LogP contribution in [0.1, 0.15) is 15.9 Å². The zero-order chi connectivity index (χ0) is 20.6. The SMILES string of the molecule is Cc1ccc(Cl)cc1NC(=NCCN1CCOCC1)NC(=O)c1cccc(F)c1. The van der Waals surface area contributed by atoms with Crippen LogP contribution in [0.2, 0.25) is 5.02 Å². The summed E-state index contributed by atoms with van der Waals surface area (Å²) in [5, 5.41) is 6.45. The molecule has 1 fully saturated rings. The average molecular weight is 419 g/mol. The van der Waals surface area contributed by atoms with Crippen LogP contribution in [0.5, 0.6) is 0 Å². The summed E-state index contributed by atoms with van der Waals surface area (Å²) >= 11 is 6.10. The van der Waals surface area contributed by atoms with E-state index >= 15 is 0 Å². The number of halogens is 2. The highest BCUT2D eigenvalue weighted by molar-refractivity contribution is 6.31. The molecule has 0 unspecified atom stereocenters. The first kappa shape index (κ1) is 21.2. The normalized spacial score (nSPS) is 15.2. The molecule has 1 aliphatic rings. The highest BCUT2D eigenvalue weighted by Gasteiger charge is 2.13. The lowest BCUT2D eigenvalue weighted by atomic mass is 10.2. The molecule has 0 atom stereocenters. The number of nitrogens with one attached hydrogen (secondary N) is 2. The smallest absolute Gasteiger partial charge is 0.258 e. The maximum Gasteiger partial charge on any atom is 0.258 e. The standard InChI is InChI=1S/C21H24ClFN4O2/c1-15-5-6-17(22)14-19(15)25-21(24-7-8-27-9-11-29-12-10-27)26-20(28)16-3-2-4-18(23)13-16/h2-6,13-14H,7-12H2,1H3,(H2,24,25,26,28). The van der Waals surface area contributed by atoms with Gasteiger partial charge in [0.05, 0.1) is 19.8 Å². The van der Waals surface area contributed by atoms with Crippen molar-refractivity contribution in [1.82, 2.24) is 10.2 Å². The van der Waals surface area contributed by atoms with E-state index in [1.807, 2.05) is 13.0 Å². The number of carbonyl (C=O) groups excluding carboxylic acids is 1. The van der Waals surface area contributed by atoms with Gasteiger partial charge in [-0.25, -0.2) is 4.39 Å². The van der Waals surface area contributed by atoms with Crippen LogP contribution >= 0.6 is 11.6 Å². The highest BCUT2D eigenvalue weighted by atomic mass is 35.5. The average Bonchev–Trinajstić information content (AvgIpc) is 2.71. The molecule has 0 bridgehead atoms. The molecule has 29 heavy (non-hydrogen) atoms. The fraction of sp³-hybridized carbons (Fsp3) is 0.333. The minimum Gasteiger partial charge on any atom is -0.379 e. The Morgan fingerprint density at radius 1 is 1.24 bits per heavy atom. The third kappa shape index (κ3) is 6.52. The van der Waals surface area contributed by atoms with Crippen LogP contribution in [0.15, 0.2) is 47.5 Å². The summed E-state index contributed by atoms with van der Waals surface area (Å²) < 4.78 is 18.8. The van der Waals surface area contributed by atoms with E-state index in [-0.39, 0.29) is 11.5 Å². The van der Waals surface area contributed by atoms with E-state index in [0.29, 0.717) is 24.8 Å². The molecule has 0 saturated carbocycles. The summed E-state index contributed by atoms with van der Waals surface area (Å²) in [4.78, 5) is 19.3. The van der Waals surface area contributed by atoms with Crippen molar-refractivity contribution >= 4 is 29.2 Å². The van der Waals surface area contributed by atoms with Crippen LogP contribution in [0.25, 0.3) is 0 Å². The zero-order valence-corrected chi connectivity index (χ0v) is 17.0. The van der Waals surface area contributed by atoms with Crippen molar-refractivity contribution in [2.75, 3.05) is 44.7 Å². The van der Waals surface area contributed by atoms with Gasteiger partial charge in [-0.1, -0.05) is 23.7 Å². The highest BCUT2D eigenvalue weighted by Crippen LogP contribution is 2.20. The number of aliphatic imine (C=N–C) groups is 1. The van der Waals surface area contributed by atoms with E-state index in [0.717, 1.165) is 30.9 Å². The molecule has 2 aromatic rings. The Hall–Kier alpha value is -2.48. The molecule has 8 heteroatoms. The van der Waals surface area contributed by atoms with Gasteiger partial charge in [-0.3, -0.25) is 20.0 Å². The lowest BCUT2D eigenvalue weighted by molar-refractivity contribution is 0.0394. The lowest BCUT2D eigenvalue weighted by Crippen LogP contribution is -2.39. The van der Waals surface area contributed by atoms with E-state index < -0.39 is 11.7 Å². The lowest BCUT2D eigenvalue weighted by Gasteiger charge is -2.25. The number of ether oxygens (including phenoxy) is 1. The molecule has 154 valence electrons. The number of hydrogen-bond donors (Lipinski definition) is 2. The number of rotatable bonds is 5. The number of carbonyl (C=O) groups is 1. The molecular formula is C21H24ClFN4O2. The van der Waals surface area contributed by atoms with Gasteiger partial charge in [-0.05, 0) is 42.8 Å². The molecule has 3 rings (SSSR count). The first-order chi connectivity index (χ1) is 14.0. The van der Waals surface area contributed by atoms with Crippen molar-refractivity contribution in [3.8, 4) is 0 Å². The van der Waals surface area contributed by atoms with Gasteiger partial charge in [0.2, 0.25) is 5.96 Å². The van der Waals surface area contributed by atoms with Crippen LogP contribution in [-0.4, -0.2) is 56.2 Å². The molecule has 0 aliphatic carbocycles. The number of morpholine rings is 1.